The van der Waals surface area contributed by atoms with Gasteiger partial charge in [0.25, 0.3) is 0 Å². The molecule has 1 aliphatic rings. The van der Waals surface area contributed by atoms with Gasteiger partial charge in [-0.1, -0.05) is 23.7 Å². The molecule has 3 rings (SSSR count). The summed E-state index contributed by atoms with van der Waals surface area (Å²) >= 11 is 6.05. The predicted molar refractivity (Wildman–Crippen MR) is 129 cm³/mol. The second-order valence-corrected chi connectivity index (χ2v) is 7.19. The van der Waals surface area contributed by atoms with Crippen molar-refractivity contribution in [2.45, 2.75) is 39.3 Å². The highest BCUT2D eigenvalue weighted by molar-refractivity contribution is 14.0. The molecule has 0 bridgehead atoms. The van der Waals surface area contributed by atoms with Gasteiger partial charge in [0.1, 0.15) is 5.82 Å². The standard InChI is InChI=1S/C21H28ClN5.HI/c1-2-23-21(25-15-17-7-6-8-19(22)13-17)26-16-18-9-10-24-20(14-18)27-11-4-3-5-12-27;/h6-10,13-14H,2-5,11-12,15-16H2,1H3,(H2,23,25,26);1H. The van der Waals surface area contributed by atoms with Crippen LogP contribution in [0.15, 0.2) is 47.6 Å². The first-order valence-electron chi connectivity index (χ1n) is 9.71. The van der Waals surface area contributed by atoms with Crippen molar-refractivity contribution < 1.29 is 0 Å². The van der Waals surface area contributed by atoms with Gasteiger partial charge in [-0.25, -0.2) is 9.98 Å². The SMILES string of the molecule is CCNC(=NCc1cccc(Cl)c1)NCc1ccnc(N2CCCCC2)c1.I. The zero-order valence-corrected chi connectivity index (χ0v) is 19.4. The minimum Gasteiger partial charge on any atom is -0.357 e. The van der Waals surface area contributed by atoms with Crippen LogP contribution in [0.5, 0.6) is 0 Å². The molecular weight excluding hydrogens is 485 g/mol. The highest BCUT2D eigenvalue weighted by Crippen LogP contribution is 2.18. The Morgan fingerprint density at radius 3 is 2.68 bits per heavy atom. The van der Waals surface area contributed by atoms with Gasteiger partial charge >= 0.3 is 0 Å². The number of hydrogen-bond donors (Lipinski definition) is 2. The normalized spacial score (nSPS) is 14.4. The van der Waals surface area contributed by atoms with Crippen molar-refractivity contribution in [2.75, 3.05) is 24.5 Å². The second kappa shape index (κ2) is 12.1. The molecule has 0 saturated carbocycles. The summed E-state index contributed by atoms with van der Waals surface area (Å²) < 4.78 is 0. The second-order valence-electron chi connectivity index (χ2n) is 6.75. The lowest BCUT2D eigenvalue weighted by molar-refractivity contribution is 0.573. The summed E-state index contributed by atoms with van der Waals surface area (Å²) in [4.78, 5) is 11.6. The van der Waals surface area contributed by atoms with Gasteiger partial charge in [-0.2, -0.15) is 0 Å². The summed E-state index contributed by atoms with van der Waals surface area (Å²) in [5.74, 6) is 1.88. The molecule has 1 aromatic heterocycles. The molecule has 0 aliphatic carbocycles. The summed E-state index contributed by atoms with van der Waals surface area (Å²) in [6.07, 6.45) is 5.74. The van der Waals surface area contributed by atoms with Gasteiger partial charge in [0.15, 0.2) is 5.96 Å². The quantitative estimate of drug-likeness (QED) is 0.337. The van der Waals surface area contributed by atoms with Gasteiger partial charge in [0.2, 0.25) is 0 Å². The third-order valence-corrected chi connectivity index (χ3v) is 4.84. The van der Waals surface area contributed by atoms with E-state index in [9.17, 15) is 0 Å². The number of guanidine groups is 1. The zero-order valence-electron chi connectivity index (χ0n) is 16.3. The molecule has 0 radical (unpaired) electrons. The molecule has 152 valence electrons. The summed E-state index contributed by atoms with van der Waals surface area (Å²) in [7, 11) is 0. The van der Waals surface area contributed by atoms with Crippen molar-refractivity contribution in [1.29, 1.82) is 0 Å². The number of piperidine rings is 1. The van der Waals surface area contributed by atoms with E-state index in [2.05, 4.69) is 44.6 Å². The first-order valence-corrected chi connectivity index (χ1v) is 10.1. The summed E-state index contributed by atoms with van der Waals surface area (Å²) in [5.41, 5.74) is 2.30. The molecule has 0 unspecified atom stereocenters. The van der Waals surface area contributed by atoms with E-state index in [-0.39, 0.29) is 24.0 Å². The number of halogens is 2. The van der Waals surface area contributed by atoms with Crippen LogP contribution in [0.3, 0.4) is 0 Å². The lowest BCUT2D eigenvalue weighted by Crippen LogP contribution is -2.37. The lowest BCUT2D eigenvalue weighted by Gasteiger charge is -2.28. The first-order chi connectivity index (χ1) is 13.2. The molecule has 1 fully saturated rings. The molecule has 0 atom stereocenters. The molecule has 2 heterocycles. The minimum atomic E-state index is 0. The van der Waals surface area contributed by atoms with Crippen LogP contribution < -0.4 is 15.5 Å². The first kappa shape index (κ1) is 22.7. The number of rotatable bonds is 6. The average Bonchev–Trinajstić information content (AvgIpc) is 2.71. The number of aliphatic imine (C=N–C) groups is 1. The Bertz CT molecular complexity index is 762. The Labute approximate surface area is 190 Å². The van der Waals surface area contributed by atoms with E-state index in [1.54, 1.807) is 0 Å². The Kier molecular flexibility index (Phi) is 9.84. The molecule has 2 N–H and O–H groups in total. The van der Waals surface area contributed by atoms with Crippen LogP contribution in [-0.4, -0.2) is 30.6 Å². The summed E-state index contributed by atoms with van der Waals surface area (Å²) in [6.45, 7) is 6.39. The monoisotopic (exact) mass is 513 g/mol. The highest BCUT2D eigenvalue weighted by atomic mass is 127. The van der Waals surface area contributed by atoms with E-state index in [0.717, 1.165) is 42.0 Å². The number of pyridine rings is 1. The number of hydrogen-bond acceptors (Lipinski definition) is 3. The van der Waals surface area contributed by atoms with Gasteiger partial charge in [0.05, 0.1) is 6.54 Å². The predicted octanol–water partition coefficient (Wildman–Crippen LogP) is 4.60. The number of anilines is 1. The van der Waals surface area contributed by atoms with Crippen LogP contribution >= 0.6 is 35.6 Å². The number of aromatic nitrogens is 1. The Morgan fingerprint density at radius 1 is 1.11 bits per heavy atom. The third-order valence-electron chi connectivity index (χ3n) is 4.60. The van der Waals surface area contributed by atoms with Crippen molar-refractivity contribution in [3.63, 3.8) is 0 Å². The van der Waals surface area contributed by atoms with Crippen molar-refractivity contribution in [3.05, 3.63) is 58.7 Å². The van der Waals surface area contributed by atoms with Crippen molar-refractivity contribution in [2.24, 2.45) is 4.99 Å². The van der Waals surface area contributed by atoms with E-state index in [4.69, 9.17) is 11.6 Å². The van der Waals surface area contributed by atoms with Crippen LogP contribution in [0, 0.1) is 0 Å². The van der Waals surface area contributed by atoms with E-state index in [0.29, 0.717) is 13.1 Å². The minimum absolute atomic E-state index is 0. The van der Waals surface area contributed by atoms with Crippen LogP contribution in [0.4, 0.5) is 5.82 Å². The Balaban J connectivity index is 0.00000280. The average molecular weight is 514 g/mol. The summed E-state index contributed by atoms with van der Waals surface area (Å²) in [6, 6.07) is 12.0. The lowest BCUT2D eigenvalue weighted by atomic mass is 10.1. The van der Waals surface area contributed by atoms with Crippen LogP contribution in [0.25, 0.3) is 0 Å². The molecule has 5 nitrogen and oxygen atoms in total. The van der Waals surface area contributed by atoms with E-state index in [1.165, 1.54) is 24.8 Å². The molecule has 28 heavy (non-hydrogen) atoms. The fourth-order valence-corrected chi connectivity index (χ4v) is 3.41. The van der Waals surface area contributed by atoms with E-state index >= 15 is 0 Å². The number of nitrogens with zero attached hydrogens (tertiary/aromatic N) is 3. The topological polar surface area (TPSA) is 52.6 Å². The summed E-state index contributed by atoms with van der Waals surface area (Å²) in [5, 5.41) is 7.45. The van der Waals surface area contributed by atoms with Gasteiger partial charge in [0, 0.05) is 37.4 Å². The van der Waals surface area contributed by atoms with Crippen LogP contribution in [0.2, 0.25) is 5.02 Å². The van der Waals surface area contributed by atoms with Crippen molar-refractivity contribution in [1.82, 2.24) is 15.6 Å². The van der Waals surface area contributed by atoms with Gasteiger partial charge in [-0.15, -0.1) is 24.0 Å². The number of benzene rings is 1. The maximum Gasteiger partial charge on any atom is 0.191 e. The largest absolute Gasteiger partial charge is 0.357 e. The third kappa shape index (κ3) is 7.13. The van der Waals surface area contributed by atoms with Gasteiger partial charge < -0.3 is 15.5 Å². The molecule has 1 aliphatic heterocycles. The van der Waals surface area contributed by atoms with Crippen molar-refractivity contribution in [3.8, 4) is 0 Å². The fraction of sp³-hybridized carbons (Fsp3) is 0.429. The van der Waals surface area contributed by atoms with Crippen molar-refractivity contribution >= 4 is 47.4 Å². The van der Waals surface area contributed by atoms with Gasteiger partial charge in [-0.3, -0.25) is 0 Å². The molecule has 7 heteroatoms. The fourth-order valence-electron chi connectivity index (χ4n) is 3.20. The Hall–Kier alpha value is -1.54. The molecule has 0 amide bonds. The van der Waals surface area contributed by atoms with E-state index in [1.807, 2.05) is 30.5 Å². The maximum atomic E-state index is 6.05. The molecular formula is C21H29ClIN5. The molecule has 0 spiro atoms. The molecule has 1 aromatic carbocycles. The number of nitrogens with one attached hydrogen (secondary N) is 2. The Morgan fingerprint density at radius 2 is 1.93 bits per heavy atom. The van der Waals surface area contributed by atoms with E-state index < -0.39 is 0 Å². The molecule has 2 aromatic rings. The molecule has 1 saturated heterocycles. The smallest absolute Gasteiger partial charge is 0.191 e. The van der Waals surface area contributed by atoms with Gasteiger partial charge in [-0.05, 0) is 61.6 Å². The zero-order chi connectivity index (χ0) is 18.9. The highest BCUT2D eigenvalue weighted by Gasteiger charge is 2.12. The maximum absolute atomic E-state index is 6.05. The van der Waals surface area contributed by atoms with Crippen LogP contribution in [0.1, 0.15) is 37.3 Å². The van der Waals surface area contributed by atoms with Crippen LogP contribution in [-0.2, 0) is 13.1 Å².